The van der Waals surface area contributed by atoms with E-state index in [4.69, 9.17) is 9.47 Å². The molecule has 2 aliphatic heterocycles. The van der Waals surface area contributed by atoms with Gasteiger partial charge in [0.25, 0.3) is 0 Å². The van der Waals surface area contributed by atoms with Crippen LogP contribution in [0, 0.1) is 0 Å². The molecule has 0 saturated carbocycles. The van der Waals surface area contributed by atoms with Gasteiger partial charge in [0.15, 0.2) is 5.17 Å². The fourth-order valence-corrected chi connectivity index (χ4v) is 4.37. The van der Waals surface area contributed by atoms with Gasteiger partial charge in [0.05, 0.1) is 38.0 Å². The van der Waals surface area contributed by atoms with E-state index >= 15 is 0 Å². The topological polar surface area (TPSA) is 80.2 Å². The van der Waals surface area contributed by atoms with E-state index in [2.05, 4.69) is 10.3 Å². The first kappa shape index (κ1) is 21.0. The highest BCUT2D eigenvalue weighted by molar-refractivity contribution is 8.16. The molecular weight excluding hydrogens is 390 g/mol. The van der Waals surface area contributed by atoms with E-state index in [1.54, 1.807) is 14.0 Å². The normalized spacial score (nSPS) is 18.3. The smallest absolute Gasteiger partial charge is 0.338 e. The lowest BCUT2D eigenvalue weighted by molar-refractivity contribution is -0.136. The highest BCUT2D eigenvalue weighted by atomic mass is 32.2. The van der Waals surface area contributed by atoms with E-state index in [0.29, 0.717) is 17.0 Å². The minimum absolute atomic E-state index is 0.0496. The molecule has 2 heterocycles. The number of nitrogens with one attached hydrogen (secondary N) is 1. The molecule has 1 unspecified atom stereocenters. The first-order valence-corrected chi connectivity index (χ1v) is 10.2. The van der Waals surface area contributed by atoms with Crippen LogP contribution in [0.5, 0.6) is 5.75 Å². The van der Waals surface area contributed by atoms with Crippen LogP contribution in [0.1, 0.15) is 38.8 Å². The summed E-state index contributed by atoms with van der Waals surface area (Å²) in [6.07, 6.45) is 0.193. The van der Waals surface area contributed by atoms with Gasteiger partial charge >= 0.3 is 5.97 Å². The molecule has 0 fully saturated rings. The Kier molecular flexibility index (Phi) is 6.32. The molecule has 2 aliphatic rings. The predicted molar refractivity (Wildman–Crippen MR) is 113 cm³/mol. The molecule has 29 heavy (non-hydrogen) atoms. The number of hydrogen-bond acceptors (Lipinski definition) is 7. The number of aliphatic imine (C=N–C) groups is 1. The molecule has 1 amide bonds. The van der Waals surface area contributed by atoms with Crippen LogP contribution in [0.3, 0.4) is 0 Å². The first-order chi connectivity index (χ1) is 13.8. The molecule has 1 aromatic carbocycles. The van der Waals surface area contributed by atoms with Gasteiger partial charge in [-0.3, -0.25) is 4.79 Å². The number of nitrogens with zero attached hydrogens (tertiary/aromatic N) is 2. The van der Waals surface area contributed by atoms with E-state index in [9.17, 15) is 9.59 Å². The van der Waals surface area contributed by atoms with Gasteiger partial charge < -0.3 is 19.7 Å². The second-order valence-electron chi connectivity index (χ2n) is 7.06. The van der Waals surface area contributed by atoms with Crippen molar-refractivity contribution in [1.29, 1.82) is 0 Å². The van der Waals surface area contributed by atoms with E-state index in [0.717, 1.165) is 16.4 Å². The van der Waals surface area contributed by atoms with Crippen molar-refractivity contribution in [3.05, 3.63) is 52.2 Å². The highest BCUT2D eigenvalue weighted by Gasteiger charge is 2.41. The number of rotatable bonds is 6. The maximum atomic E-state index is 12.7. The van der Waals surface area contributed by atoms with Crippen molar-refractivity contribution in [2.24, 2.45) is 4.99 Å². The molecule has 1 atom stereocenters. The second kappa shape index (κ2) is 8.73. The molecule has 7 nitrogen and oxygen atoms in total. The molecule has 0 radical (unpaired) electrons. The molecule has 0 bridgehead atoms. The molecule has 0 aromatic heterocycles. The number of thioether (sulfide) groups is 1. The summed E-state index contributed by atoms with van der Waals surface area (Å²) in [6.45, 7) is 5.64. The molecule has 1 N–H and O–H groups in total. The standard InChI is InChI=1S/C21H25N3O4S/c1-12(2)22-17(25)10-15-11-29-21-23-13(3)18(20(26)28-5)19(24(15)21)14-7-6-8-16(9-14)27-4/h6-9,11-12,19H,10H2,1-5H3,(H,22,25). The van der Waals surface area contributed by atoms with Gasteiger partial charge in [-0.05, 0) is 43.9 Å². The zero-order valence-electron chi connectivity index (χ0n) is 17.2. The van der Waals surface area contributed by atoms with Crippen molar-refractivity contribution in [1.82, 2.24) is 10.2 Å². The number of methoxy groups -OCH3 is 2. The summed E-state index contributed by atoms with van der Waals surface area (Å²) < 4.78 is 10.4. The Balaban J connectivity index is 2.05. The number of benzene rings is 1. The molecular formula is C21H25N3O4S. The van der Waals surface area contributed by atoms with Crippen LogP contribution in [0.25, 0.3) is 0 Å². The van der Waals surface area contributed by atoms with Gasteiger partial charge in [0, 0.05) is 11.7 Å². The summed E-state index contributed by atoms with van der Waals surface area (Å²) in [5.74, 6) is 0.160. The van der Waals surface area contributed by atoms with E-state index in [1.807, 2.05) is 48.4 Å². The van der Waals surface area contributed by atoms with Crippen molar-refractivity contribution < 1.29 is 19.1 Å². The molecule has 8 heteroatoms. The zero-order chi connectivity index (χ0) is 21.1. The number of esters is 1. The van der Waals surface area contributed by atoms with Gasteiger partial charge in [0.2, 0.25) is 5.91 Å². The molecule has 0 spiro atoms. The Morgan fingerprint density at radius 1 is 1.31 bits per heavy atom. The third-order valence-corrected chi connectivity index (χ3v) is 5.50. The van der Waals surface area contributed by atoms with Crippen molar-refractivity contribution in [3.8, 4) is 5.75 Å². The Morgan fingerprint density at radius 2 is 2.07 bits per heavy atom. The van der Waals surface area contributed by atoms with E-state index in [1.165, 1.54) is 18.9 Å². The number of allylic oxidation sites excluding steroid dienone is 1. The molecule has 154 valence electrons. The Morgan fingerprint density at radius 3 is 2.72 bits per heavy atom. The van der Waals surface area contributed by atoms with Gasteiger partial charge in [-0.1, -0.05) is 23.9 Å². The fraction of sp³-hybridized carbons (Fsp3) is 0.381. The van der Waals surface area contributed by atoms with Gasteiger partial charge in [0.1, 0.15) is 5.75 Å². The Bertz CT molecular complexity index is 920. The maximum Gasteiger partial charge on any atom is 0.338 e. The second-order valence-corrected chi connectivity index (χ2v) is 7.90. The summed E-state index contributed by atoms with van der Waals surface area (Å²) in [5, 5.41) is 5.56. The summed E-state index contributed by atoms with van der Waals surface area (Å²) >= 11 is 1.45. The van der Waals surface area contributed by atoms with Crippen LogP contribution in [0.15, 0.2) is 51.6 Å². The van der Waals surface area contributed by atoms with Crippen molar-refractivity contribution >= 4 is 28.8 Å². The van der Waals surface area contributed by atoms with Crippen molar-refractivity contribution in [2.45, 2.75) is 39.3 Å². The maximum absolute atomic E-state index is 12.7. The average Bonchev–Trinajstić information content (AvgIpc) is 3.07. The van der Waals surface area contributed by atoms with Crippen LogP contribution in [0.4, 0.5) is 0 Å². The largest absolute Gasteiger partial charge is 0.497 e. The number of ether oxygens (including phenoxy) is 2. The molecule has 0 aliphatic carbocycles. The van der Waals surface area contributed by atoms with E-state index in [-0.39, 0.29) is 18.4 Å². The summed E-state index contributed by atoms with van der Waals surface area (Å²) in [6, 6.07) is 7.13. The van der Waals surface area contributed by atoms with Crippen LogP contribution >= 0.6 is 11.8 Å². The molecule has 0 saturated heterocycles. The predicted octanol–water partition coefficient (Wildman–Crippen LogP) is 3.36. The fourth-order valence-electron chi connectivity index (χ4n) is 3.41. The van der Waals surface area contributed by atoms with Crippen LogP contribution in [-0.2, 0) is 14.3 Å². The summed E-state index contributed by atoms with van der Waals surface area (Å²) in [4.78, 5) is 31.6. The Labute approximate surface area is 174 Å². The third-order valence-electron chi connectivity index (χ3n) is 4.61. The molecule has 1 aromatic rings. The van der Waals surface area contributed by atoms with E-state index < -0.39 is 12.0 Å². The lowest BCUT2D eigenvalue weighted by Gasteiger charge is -2.36. The average molecular weight is 416 g/mol. The van der Waals surface area contributed by atoms with Crippen LogP contribution in [-0.4, -0.2) is 42.2 Å². The van der Waals surface area contributed by atoms with Crippen molar-refractivity contribution in [2.75, 3.05) is 14.2 Å². The zero-order valence-corrected chi connectivity index (χ0v) is 18.0. The monoisotopic (exact) mass is 415 g/mol. The van der Waals surface area contributed by atoms with Gasteiger partial charge in [-0.25, -0.2) is 9.79 Å². The minimum atomic E-state index is -0.460. The SMILES string of the molecule is COC(=O)C1=C(C)N=C2SC=C(CC(=O)NC(C)C)N2C1c1cccc(OC)c1. The Hall–Kier alpha value is -2.74. The highest BCUT2D eigenvalue weighted by Crippen LogP contribution is 2.45. The van der Waals surface area contributed by atoms with Crippen LogP contribution < -0.4 is 10.1 Å². The lowest BCUT2D eigenvalue weighted by Crippen LogP contribution is -2.38. The first-order valence-electron chi connectivity index (χ1n) is 9.31. The van der Waals surface area contributed by atoms with Gasteiger partial charge in [-0.2, -0.15) is 0 Å². The minimum Gasteiger partial charge on any atom is -0.497 e. The summed E-state index contributed by atoms with van der Waals surface area (Å²) in [7, 11) is 2.96. The lowest BCUT2D eigenvalue weighted by atomic mass is 9.93. The third kappa shape index (κ3) is 4.32. The number of carbonyl (C=O) groups is 2. The van der Waals surface area contributed by atoms with Crippen molar-refractivity contribution in [3.63, 3.8) is 0 Å². The van der Waals surface area contributed by atoms with Crippen LogP contribution in [0.2, 0.25) is 0 Å². The number of amidine groups is 1. The van der Waals surface area contributed by atoms with Gasteiger partial charge in [-0.15, -0.1) is 0 Å². The number of hydrogen-bond donors (Lipinski definition) is 1. The molecule has 3 rings (SSSR count). The number of carbonyl (C=O) groups excluding carboxylic acids is 2. The number of fused-ring (bicyclic) bond motifs is 1. The number of amides is 1. The summed E-state index contributed by atoms with van der Waals surface area (Å²) in [5.41, 5.74) is 2.69. The quantitative estimate of drug-likeness (QED) is 0.718.